The van der Waals surface area contributed by atoms with Gasteiger partial charge in [-0.15, -0.1) is 0 Å². The van der Waals surface area contributed by atoms with E-state index in [1.54, 1.807) is 0 Å². The molecule has 1 aromatic rings. The Hall–Kier alpha value is 3.35. The minimum Gasteiger partial charge on any atom is -0.338 e. The molecule has 0 heterocycles. The molecule has 1 aromatic carbocycles. The molecule has 0 unspecified atom stereocenters. The maximum atomic E-state index is 3.77. The Labute approximate surface area is 193 Å². The van der Waals surface area contributed by atoms with Gasteiger partial charge in [0.25, 0.3) is 0 Å². The molecule has 6 heteroatoms. The summed E-state index contributed by atoms with van der Waals surface area (Å²) in [5.41, 5.74) is 0.250. The summed E-state index contributed by atoms with van der Waals surface area (Å²) in [7, 11) is 0. The second kappa shape index (κ2) is 27.7. The molecule has 0 amide bonds. The minimum atomic E-state index is 0. The average molecular weight is 1250 g/mol. The van der Waals surface area contributed by atoms with Crippen LogP contribution in [0.15, 0.2) is 30.3 Å². The molecule has 0 saturated carbocycles. The summed E-state index contributed by atoms with van der Waals surface area (Å²) >= 11 is 0. The first kappa shape index (κ1) is 42.8. The molecule has 0 nitrogen and oxygen atoms in total. The maximum Gasteiger partial charge on any atom is 2.00 e. The summed E-state index contributed by atoms with van der Waals surface area (Å²) in [6.07, 6.45) is 0. The molecule has 96 valence electrons. The van der Waals surface area contributed by atoms with Crippen molar-refractivity contribution in [1.29, 1.82) is 0 Å². The van der Waals surface area contributed by atoms with Crippen LogP contribution in [0.25, 0.3) is 0 Å². The van der Waals surface area contributed by atoms with E-state index in [0.717, 1.165) is 0 Å². The van der Waals surface area contributed by atoms with Crippen LogP contribution >= 0.6 is 0 Å². The summed E-state index contributed by atoms with van der Waals surface area (Å²) in [5.74, 6) is 0. The molecule has 1 rings (SSSR count). The third-order valence-corrected chi connectivity index (χ3v) is 0.607. The largest absolute Gasteiger partial charge is 2.00 e. The van der Waals surface area contributed by atoms with Crippen molar-refractivity contribution < 1.29 is 126 Å². The predicted molar refractivity (Wildman–Crippen MR) is 50.1 cm³/mol. The van der Waals surface area contributed by atoms with E-state index in [9.17, 15) is 0 Å². The second-order valence-electron chi connectivity index (χ2n) is 3.64. The van der Waals surface area contributed by atoms with Gasteiger partial charge in [0, 0.05) is 105 Å². The van der Waals surface area contributed by atoms with E-state index in [2.05, 4.69) is 33.8 Å². The third kappa shape index (κ3) is 66.6. The zero-order valence-electron chi connectivity index (χ0n) is 10.0. The average Bonchev–Trinajstić information content (AvgIpc) is 1.88. The fourth-order valence-corrected chi connectivity index (χ4v) is 0.342. The van der Waals surface area contributed by atoms with Crippen molar-refractivity contribution in [2.45, 2.75) is 20.8 Å². The molecule has 0 aliphatic heterocycles. The van der Waals surface area contributed by atoms with Crippen molar-refractivity contribution in [2.75, 3.05) is 0 Å². The van der Waals surface area contributed by atoms with Crippen LogP contribution in [-0.2, 0) is 126 Å². The van der Waals surface area contributed by atoms with E-state index in [1.165, 1.54) is 0 Å². The van der Waals surface area contributed by atoms with Gasteiger partial charge in [-0.25, -0.2) is 0 Å². The van der Waals surface area contributed by atoms with Gasteiger partial charge in [0.05, 0.1) is 0 Å². The minimum absolute atomic E-state index is 0. The summed E-state index contributed by atoms with van der Waals surface area (Å²) in [6, 6.07) is 12.5. The standard InChI is InChI=1S/C6H5.C5H11.6W/c1-2-4-6-5-3-1;1-5(2,3)4;;;;;;/h1-5H;1H2,2-4H3;;;;;;/q2*-1;;;;;;+2. The fraction of sp³-hybridized carbons (Fsp3) is 0.364. The van der Waals surface area contributed by atoms with Crippen molar-refractivity contribution >= 4 is 0 Å². The van der Waals surface area contributed by atoms with E-state index >= 15 is 0 Å². The van der Waals surface area contributed by atoms with Gasteiger partial charge in [-0.3, -0.25) is 0 Å². The Balaban J connectivity index is -0.0000000176. The summed E-state index contributed by atoms with van der Waals surface area (Å²) < 4.78 is 0. The van der Waals surface area contributed by atoms with E-state index in [0.29, 0.717) is 0 Å². The van der Waals surface area contributed by atoms with Crippen LogP contribution in [0.3, 0.4) is 0 Å². The van der Waals surface area contributed by atoms with Crippen LogP contribution in [0.1, 0.15) is 20.8 Å². The topological polar surface area (TPSA) is 0 Å². The van der Waals surface area contributed by atoms with E-state index in [-0.39, 0.29) is 132 Å². The van der Waals surface area contributed by atoms with Crippen molar-refractivity contribution in [3.8, 4) is 0 Å². The van der Waals surface area contributed by atoms with E-state index < -0.39 is 0 Å². The quantitative estimate of drug-likeness (QED) is 0.351. The maximum absolute atomic E-state index is 3.77. The van der Waals surface area contributed by atoms with Gasteiger partial charge in [0.15, 0.2) is 0 Å². The smallest absolute Gasteiger partial charge is 0.338 e. The Morgan fingerprint density at radius 1 is 0.765 bits per heavy atom. The van der Waals surface area contributed by atoms with Gasteiger partial charge in [0.1, 0.15) is 0 Å². The SMILES string of the molecule is [CH2-]C(C)(C)C.[W+2].[W].[W].[W].[W].[W].[c-]1ccccc1. The Morgan fingerprint density at radius 3 is 1.06 bits per heavy atom. The number of benzene rings is 1. The monoisotopic (exact) mass is 1250 g/mol. The molecule has 0 aromatic heterocycles. The van der Waals surface area contributed by atoms with E-state index in [4.69, 9.17) is 0 Å². The van der Waals surface area contributed by atoms with Crippen molar-refractivity contribution in [3.05, 3.63) is 43.3 Å². The summed E-state index contributed by atoms with van der Waals surface area (Å²) in [4.78, 5) is 0. The first-order chi connectivity index (χ1) is 5.00. The van der Waals surface area contributed by atoms with Gasteiger partial charge in [-0.2, -0.15) is 41.8 Å². The predicted octanol–water partition coefficient (Wildman–Crippen LogP) is 3.34. The molecule has 0 fully saturated rings. The number of hydrogen-bond donors (Lipinski definition) is 0. The molecule has 0 spiro atoms. The molecule has 0 atom stereocenters. The number of hydrogen-bond acceptors (Lipinski definition) is 0. The molecule has 0 bridgehead atoms. The van der Waals surface area contributed by atoms with Gasteiger partial charge in [-0.1, -0.05) is 20.8 Å². The van der Waals surface area contributed by atoms with Gasteiger partial charge >= 0.3 is 21.1 Å². The van der Waals surface area contributed by atoms with Crippen molar-refractivity contribution in [3.63, 3.8) is 0 Å². The zero-order chi connectivity index (χ0) is 8.74. The summed E-state index contributed by atoms with van der Waals surface area (Å²) in [6.45, 7) is 10.0. The molecule has 0 radical (unpaired) electrons. The second-order valence-corrected chi connectivity index (χ2v) is 3.64. The van der Waals surface area contributed by atoms with Crippen LogP contribution in [0.5, 0.6) is 0 Å². The van der Waals surface area contributed by atoms with Gasteiger partial charge < -0.3 is 6.92 Å². The Bertz CT molecular complexity index is 140. The van der Waals surface area contributed by atoms with Crippen molar-refractivity contribution in [2.24, 2.45) is 5.41 Å². The number of rotatable bonds is 0. The van der Waals surface area contributed by atoms with Crippen LogP contribution in [0.2, 0.25) is 0 Å². The summed E-state index contributed by atoms with van der Waals surface area (Å²) in [5, 5.41) is 0. The Morgan fingerprint density at radius 2 is 1.00 bits per heavy atom. The van der Waals surface area contributed by atoms with Crippen LogP contribution in [0.4, 0.5) is 0 Å². The van der Waals surface area contributed by atoms with Crippen molar-refractivity contribution in [1.82, 2.24) is 0 Å². The molecule has 0 saturated heterocycles. The molecule has 17 heavy (non-hydrogen) atoms. The molecule has 0 N–H and O–H groups in total. The van der Waals surface area contributed by atoms with Crippen LogP contribution in [0, 0.1) is 18.4 Å². The van der Waals surface area contributed by atoms with Gasteiger partial charge in [0.2, 0.25) is 0 Å². The molecule has 0 aliphatic carbocycles. The normalized spacial score (nSPS) is 6.35. The Kier molecular flexibility index (Phi) is 69.5. The fourth-order valence-electron chi connectivity index (χ4n) is 0.342. The molecular weight excluding hydrogens is 1240 g/mol. The van der Waals surface area contributed by atoms with Gasteiger partial charge in [-0.05, 0) is 0 Å². The first-order valence-corrected chi connectivity index (χ1v) is 3.76. The zero-order valence-corrected chi connectivity index (χ0v) is 27.6. The molecular formula is C11H16W6. The van der Waals surface area contributed by atoms with E-state index in [1.807, 2.05) is 30.3 Å². The van der Waals surface area contributed by atoms with Crippen LogP contribution < -0.4 is 0 Å². The van der Waals surface area contributed by atoms with Crippen LogP contribution in [-0.4, -0.2) is 0 Å². The third-order valence-electron chi connectivity index (χ3n) is 0.607. The molecule has 0 aliphatic rings. The first-order valence-electron chi connectivity index (χ1n) is 3.76.